The smallest absolute Gasteiger partial charge is 0.159 e. The van der Waals surface area contributed by atoms with Gasteiger partial charge in [0.1, 0.15) is 23.0 Å². The summed E-state index contributed by atoms with van der Waals surface area (Å²) in [6.07, 6.45) is 3.56. The Labute approximate surface area is 526 Å². The van der Waals surface area contributed by atoms with Crippen LogP contribution >= 0.6 is 0 Å². The fraction of sp³-hybridized carbons (Fsp3) is 0.0238. The van der Waals surface area contributed by atoms with Crippen molar-refractivity contribution in [3.05, 3.63) is 389 Å². The van der Waals surface area contributed by atoms with Crippen molar-refractivity contribution in [2.45, 2.75) is 10.8 Å². The summed E-state index contributed by atoms with van der Waals surface area (Å²) in [6, 6.07) is 95.8. The lowest BCUT2D eigenvalue weighted by molar-refractivity contribution is 0.482. The zero-order chi connectivity index (χ0) is 61.8. The van der Waals surface area contributed by atoms with E-state index in [1.165, 1.54) is 24.3 Å². The van der Waals surface area contributed by atoms with Crippen LogP contribution in [0, 0.1) is 23.3 Å². The van der Waals surface area contributed by atoms with Crippen LogP contribution in [0.4, 0.5) is 34.6 Å². The highest BCUT2D eigenvalue weighted by molar-refractivity contribution is 5.93. The standard InChI is InChI=1S/C84H55F4NO2/c1-3-54-24-36-67(37-25-54)90-69-40-28-60(29-41-69)83(62-32-46-79(85)81(87)50-62)75-22-10-8-20-71(75)73-44-34-65(52-77(73)83)89(64-19-13-18-59(49-64)58-17-12-16-57(48-58)56-14-6-5-7-15-56)66-35-45-74-72-21-9-11-23-76(72)84(78(74)53-66,63-33-47-80(86)82(88)51-63)61-30-42-70(43-31-61)91-68-38-26-55(4-2)27-39-68/h3-53H,1-2H2. The molecule has 2 unspecified atom stereocenters. The van der Waals surface area contributed by atoms with E-state index in [0.717, 1.165) is 106 Å². The Bertz CT molecular complexity index is 4720. The molecule has 0 amide bonds. The highest BCUT2D eigenvalue weighted by atomic mass is 19.2. The van der Waals surface area contributed by atoms with Gasteiger partial charge in [0.15, 0.2) is 23.3 Å². The lowest BCUT2D eigenvalue weighted by Crippen LogP contribution is -2.29. The van der Waals surface area contributed by atoms with Crippen molar-refractivity contribution in [1.82, 2.24) is 0 Å². The first-order chi connectivity index (χ1) is 44.6. The zero-order valence-electron chi connectivity index (χ0n) is 49.1. The SMILES string of the molecule is C=Cc1ccc(Oc2ccc(C3(c4ccc(F)c(F)c4)c4ccccc4-c4ccc(N(c5cccc(-c6cccc(-c7ccccc7)c6)c5)c5ccc6c(c5)C(c5ccc(Oc7ccc(C=C)cc7)cc5)(c5ccc(F)c(F)c5)c5ccccc5-6)cc43)cc2)cc1. The fourth-order valence-electron chi connectivity index (χ4n) is 13.8. The summed E-state index contributed by atoms with van der Waals surface area (Å²) in [4.78, 5) is 2.23. The second kappa shape index (κ2) is 22.9. The molecule has 91 heavy (non-hydrogen) atoms. The van der Waals surface area contributed by atoms with E-state index in [1.54, 1.807) is 24.3 Å². The fourth-order valence-corrected chi connectivity index (χ4v) is 13.8. The highest BCUT2D eigenvalue weighted by Gasteiger charge is 2.49. The van der Waals surface area contributed by atoms with Gasteiger partial charge in [0.05, 0.1) is 10.8 Å². The van der Waals surface area contributed by atoms with Gasteiger partial charge in [-0.3, -0.25) is 0 Å². The van der Waals surface area contributed by atoms with Crippen LogP contribution in [-0.2, 0) is 10.8 Å². The molecule has 0 bridgehead atoms. The molecule has 0 saturated carbocycles. The van der Waals surface area contributed by atoms with Gasteiger partial charge in [0, 0.05) is 17.1 Å². The minimum absolute atomic E-state index is 0.531. The van der Waals surface area contributed by atoms with Crippen molar-refractivity contribution in [2.24, 2.45) is 0 Å². The monoisotopic (exact) mass is 1190 g/mol. The molecule has 2 atom stereocenters. The maximum Gasteiger partial charge on any atom is 0.159 e. The summed E-state index contributed by atoms with van der Waals surface area (Å²) in [5.41, 5.74) is 15.9. The minimum atomic E-state index is -1.20. The molecular formula is C84H55F4NO2. The van der Waals surface area contributed by atoms with E-state index in [4.69, 9.17) is 9.47 Å². The largest absolute Gasteiger partial charge is 0.457 e. The maximum absolute atomic E-state index is 16.2. The first-order valence-electron chi connectivity index (χ1n) is 30.1. The Morgan fingerprint density at radius 2 is 0.637 bits per heavy atom. The Morgan fingerprint density at radius 1 is 0.275 bits per heavy atom. The summed E-state index contributed by atoms with van der Waals surface area (Å²) in [5, 5.41) is 0. The molecule has 15 rings (SSSR count). The van der Waals surface area contributed by atoms with Crippen molar-refractivity contribution < 1.29 is 27.0 Å². The molecule has 13 aromatic rings. The first-order valence-corrected chi connectivity index (χ1v) is 30.1. The predicted molar refractivity (Wildman–Crippen MR) is 360 cm³/mol. The number of hydrogen-bond acceptors (Lipinski definition) is 3. The third-order valence-electron chi connectivity index (χ3n) is 18.0. The van der Waals surface area contributed by atoms with Crippen LogP contribution in [0.2, 0.25) is 0 Å². The van der Waals surface area contributed by atoms with E-state index < -0.39 is 34.1 Å². The first kappa shape index (κ1) is 56.0. The van der Waals surface area contributed by atoms with E-state index in [2.05, 4.69) is 139 Å². The number of anilines is 3. The molecule has 0 heterocycles. The number of benzene rings is 13. The number of fused-ring (bicyclic) bond motifs is 6. The predicted octanol–water partition coefficient (Wildman–Crippen LogP) is 22.6. The number of nitrogens with zero attached hydrogens (tertiary/aromatic N) is 1. The molecule has 0 spiro atoms. The second-order valence-electron chi connectivity index (χ2n) is 22.9. The molecule has 0 saturated heterocycles. The van der Waals surface area contributed by atoms with E-state index >= 15 is 17.6 Å². The van der Waals surface area contributed by atoms with Crippen LogP contribution in [0.15, 0.2) is 310 Å². The Morgan fingerprint density at radius 3 is 1.09 bits per heavy atom. The van der Waals surface area contributed by atoms with E-state index in [1.807, 2.05) is 140 Å². The molecule has 0 aliphatic heterocycles. The van der Waals surface area contributed by atoms with E-state index in [0.29, 0.717) is 34.1 Å². The quantitative estimate of drug-likeness (QED) is 0.0955. The lowest BCUT2D eigenvalue weighted by atomic mass is 9.67. The van der Waals surface area contributed by atoms with E-state index in [-0.39, 0.29) is 0 Å². The normalized spacial score (nSPS) is 15.0. The lowest BCUT2D eigenvalue weighted by Gasteiger charge is -2.36. The Balaban J connectivity index is 0.955. The van der Waals surface area contributed by atoms with Gasteiger partial charge in [-0.2, -0.15) is 0 Å². The van der Waals surface area contributed by atoms with Crippen molar-refractivity contribution in [2.75, 3.05) is 4.90 Å². The van der Waals surface area contributed by atoms with Crippen molar-refractivity contribution in [1.29, 1.82) is 0 Å². The molecule has 0 fully saturated rings. The third kappa shape index (κ3) is 9.61. The number of hydrogen-bond donors (Lipinski definition) is 0. The maximum atomic E-state index is 16.2. The number of halogens is 4. The van der Waals surface area contributed by atoms with Gasteiger partial charge in [0.2, 0.25) is 0 Å². The second-order valence-corrected chi connectivity index (χ2v) is 22.9. The van der Waals surface area contributed by atoms with Gasteiger partial charge < -0.3 is 14.4 Å². The highest BCUT2D eigenvalue weighted by Crippen LogP contribution is 2.60. The summed E-state index contributed by atoms with van der Waals surface area (Å²) in [5.74, 6) is -1.38. The van der Waals surface area contributed by atoms with Crippen molar-refractivity contribution in [3.8, 4) is 67.5 Å². The molecule has 0 N–H and O–H groups in total. The number of rotatable bonds is 15. The minimum Gasteiger partial charge on any atom is -0.457 e. The molecule has 0 aromatic heterocycles. The summed E-state index contributed by atoms with van der Waals surface area (Å²) < 4.78 is 76.0. The molecule has 436 valence electrons. The molecule has 13 aromatic carbocycles. The average molecular weight is 1190 g/mol. The van der Waals surface area contributed by atoms with Gasteiger partial charge in [0.25, 0.3) is 0 Å². The summed E-state index contributed by atoms with van der Waals surface area (Å²) in [7, 11) is 0. The third-order valence-corrected chi connectivity index (χ3v) is 18.0. The van der Waals surface area contributed by atoms with Crippen molar-refractivity contribution >= 4 is 29.2 Å². The van der Waals surface area contributed by atoms with Crippen LogP contribution < -0.4 is 14.4 Å². The zero-order valence-corrected chi connectivity index (χ0v) is 49.1. The van der Waals surface area contributed by atoms with Gasteiger partial charge in [-0.25, -0.2) is 17.6 Å². The molecule has 2 aliphatic carbocycles. The van der Waals surface area contributed by atoms with E-state index in [9.17, 15) is 0 Å². The molecule has 0 radical (unpaired) electrons. The van der Waals surface area contributed by atoms with Gasteiger partial charge in [-0.15, -0.1) is 0 Å². The van der Waals surface area contributed by atoms with Gasteiger partial charge in [-0.05, 0) is 215 Å². The summed E-state index contributed by atoms with van der Waals surface area (Å²) >= 11 is 0. The van der Waals surface area contributed by atoms with Gasteiger partial charge >= 0.3 is 0 Å². The number of ether oxygens (including phenoxy) is 2. The molecule has 3 nitrogen and oxygen atoms in total. The molecule has 2 aliphatic rings. The van der Waals surface area contributed by atoms with Crippen LogP contribution in [-0.4, -0.2) is 0 Å². The van der Waals surface area contributed by atoms with Crippen LogP contribution in [0.3, 0.4) is 0 Å². The molecular weight excluding hydrogens is 1130 g/mol. The van der Waals surface area contributed by atoms with Crippen molar-refractivity contribution in [3.63, 3.8) is 0 Å². The summed E-state index contributed by atoms with van der Waals surface area (Å²) in [6.45, 7) is 7.78. The Kier molecular flexibility index (Phi) is 14.1. The topological polar surface area (TPSA) is 21.7 Å². The molecule has 7 heteroatoms. The average Bonchev–Trinajstić information content (AvgIpc) is 1.58. The van der Waals surface area contributed by atoms with Gasteiger partial charge in [-0.1, -0.05) is 207 Å². The van der Waals surface area contributed by atoms with Crippen LogP contribution in [0.5, 0.6) is 23.0 Å². The van der Waals surface area contributed by atoms with Crippen LogP contribution in [0.1, 0.15) is 55.6 Å². The Hall–Kier alpha value is -11.5. The van der Waals surface area contributed by atoms with Crippen LogP contribution in [0.25, 0.3) is 56.7 Å².